The monoisotopic (exact) mass is 368 g/mol. The Morgan fingerprint density at radius 2 is 2.14 bits per heavy atom. The smallest absolute Gasteiger partial charge is 0.307 e. The van der Waals surface area contributed by atoms with E-state index in [0.717, 1.165) is 27.1 Å². The third-order valence-corrected chi connectivity index (χ3v) is 4.89. The summed E-state index contributed by atoms with van der Waals surface area (Å²) in [7, 11) is 0. The molecule has 2 aromatic rings. The molecule has 1 aromatic heterocycles. The molecule has 0 aliphatic heterocycles. The van der Waals surface area contributed by atoms with Crippen molar-refractivity contribution >= 4 is 33.2 Å². The van der Waals surface area contributed by atoms with Crippen molar-refractivity contribution in [3.8, 4) is 0 Å². The van der Waals surface area contributed by atoms with Crippen LogP contribution in [-0.4, -0.2) is 10.5 Å². The van der Waals surface area contributed by atoms with Gasteiger partial charge in [-0.2, -0.15) is 0 Å². The van der Waals surface area contributed by atoms with Gasteiger partial charge in [-0.3, -0.25) is 9.59 Å². The molecule has 0 spiro atoms. The molecule has 112 valence electrons. The number of amides is 1. The van der Waals surface area contributed by atoms with Crippen molar-refractivity contribution in [3.63, 3.8) is 0 Å². The van der Waals surface area contributed by atoms with E-state index in [0.29, 0.717) is 13.0 Å². The number of halogens is 1. The highest BCUT2D eigenvalue weighted by molar-refractivity contribution is 9.10. The molecular weight excluding hydrogens is 352 g/mol. The number of benzene rings is 1. The topological polar surface area (TPSA) is 51.1 Å². The predicted molar refractivity (Wildman–Crippen MR) is 88.6 cm³/mol. The van der Waals surface area contributed by atoms with Gasteiger partial charge in [-0.25, -0.2) is 0 Å². The van der Waals surface area contributed by atoms with Crippen molar-refractivity contribution in [2.75, 3.05) is 0 Å². The van der Waals surface area contributed by atoms with Gasteiger partial charge in [-0.15, -0.1) is 0 Å². The number of thiazole rings is 1. The summed E-state index contributed by atoms with van der Waals surface area (Å²) in [6, 6.07) is 7.73. The van der Waals surface area contributed by atoms with Crippen LogP contribution in [0.25, 0.3) is 0 Å². The highest BCUT2D eigenvalue weighted by Gasteiger charge is 2.12. The van der Waals surface area contributed by atoms with Gasteiger partial charge in [0.25, 0.3) is 0 Å². The second-order valence-corrected chi connectivity index (χ2v) is 6.53. The molecule has 1 unspecified atom stereocenters. The molecule has 0 fully saturated rings. The zero-order valence-corrected chi connectivity index (χ0v) is 14.3. The van der Waals surface area contributed by atoms with Gasteiger partial charge in [0.15, 0.2) is 0 Å². The summed E-state index contributed by atoms with van der Waals surface area (Å²) in [6.45, 7) is 4.24. The van der Waals surface area contributed by atoms with Crippen molar-refractivity contribution < 1.29 is 4.79 Å². The average molecular weight is 369 g/mol. The fraction of sp³-hybridized carbons (Fsp3) is 0.333. The van der Waals surface area contributed by atoms with Crippen molar-refractivity contribution in [2.24, 2.45) is 0 Å². The Balaban J connectivity index is 1.93. The zero-order chi connectivity index (χ0) is 15.4. The van der Waals surface area contributed by atoms with E-state index in [2.05, 4.69) is 21.2 Å². The van der Waals surface area contributed by atoms with Crippen LogP contribution in [0.1, 0.15) is 30.6 Å². The van der Waals surface area contributed by atoms with E-state index in [1.165, 1.54) is 0 Å². The number of carbonyl (C=O) groups excluding carboxylic acids is 1. The van der Waals surface area contributed by atoms with Gasteiger partial charge in [-0.05, 0) is 25.5 Å². The number of nitrogens with one attached hydrogen (secondary N) is 1. The van der Waals surface area contributed by atoms with Crippen LogP contribution in [0, 0.1) is 6.92 Å². The third-order valence-electron chi connectivity index (χ3n) is 3.29. The lowest BCUT2D eigenvalue weighted by atomic mass is 10.1. The Labute approximate surface area is 135 Å². The molecule has 0 saturated heterocycles. The Kier molecular flexibility index (Phi) is 5.36. The lowest BCUT2D eigenvalue weighted by Gasteiger charge is -2.16. The molecule has 1 N–H and O–H groups in total. The van der Waals surface area contributed by atoms with E-state index in [4.69, 9.17) is 0 Å². The molecule has 0 saturated carbocycles. The number of hydrogen-bond acceptors (Lipinski definition) is 3. The van der Waals surface area contributed by atoms with Crippen LogP contribution in [0.15, 0.2) is 38.9 Å². The van der Waals surface area contributed by atoms with Crippen LogP contribution in [0.3, 0.4) is 0 Å². The van der Waals surface area contributed by atoms with E-state index in [-0.39, 0.29) is 16.8 Å². The van der Waals surface area contributed by atoms with Gasteiger partial charge in [0.1, 0.15) is 0 Å². The van der Waals surface area contributed by atoms with E-state index >= 15 is 0 Å². The largest absolute Gasteiger partial charge is 0.349 e. The van der Waals surface area contributed by atoms with Crippen LogP contribution >= 0.6 is 27.3 Å². The van der Waals surface area contributed by atoms with Crippen LogP contribution in [0.5, 0.6) is 0 Å². The van der Waals surface area contributed by atoms with Gasteiger partial charge in [0, 0.05) is 28.5 Å². The van der Waals surface area contributed by atoms with Gasteiger partial charge in [-0.1, -0.05) is 45.5 Å². The molecule has 0 aliphatic carbocycles. The maximum Gasteiger partial charge on any atom is 0.307 e. The van der Waals surface area contributed by atoms with Crippen molar-refractivity contribution in [1.82, 2.24) is 9.88 Å². The fourth-order valence-electron chi connectivity index (χ4n) is 2.11. The van der Waals surface area contributed by atoms with E-state index in [9.17, 15) is 9.59 Å². The highest BCUT2D eigenvalue weighted by atomic mass is 79.9. The molecule has 21 heavy (non-hydrogen) atoms. The molecule has 1 aromatic carbocycles. The number of nitrogens with zero attached hydrogens (tertiary/aromatic N) is 1. The van der Waals surface area contributed by atoms with E-state index in [1.54, 1.807) is 4.57 Å². The number of rotatable bonds is 5. The van der Waals surface area contributed by atoms with Gasteiger partial charge in [0.05, 0.1) is 6.04 Å². The van der Waals surface area contributed by atoms with Crippen molar-refractivity contribution in [1.29, 1.82) is 0 Å². The molecular formula is C15H17BrN2O2S. The second kappa shape index (κ2) is 7.04. The quantitative estimate of drug-likeness (QED) is 0.880. The number of aryl methyl sites for hydroxylation is 1. The molecule has 4 nitrogen and oxygen atoms in total. The summed E-state index contributed by atoms with van der Waals surface area (Å²) in [6.07, 6.45) is 0.298. The number of carbonyl (C=O) groups is 1. The number of hydrogen-bond donors (Lipinski definition) is 1. The van der Waals surface area contributed by atoms with E-state index in [1.807, 2.05) is 43.5 Å². The Morgan fingerprint density at radius 1 is 1.43 bits per heavy atom. The Bertz CT molecular complexity index is 693. The molecule has 2 rings (SSSR count). The molecule has 0 bridgehead atoms. The first-order valence-electron chi connectivity index (χ1n) is 6.67. The van der Waals surface area contributed by atoms with Gasteiger partial charge in [0.2, 0.25) is 5.91 Å². The highest BCUT2D eigenvalue weighted by Crippen LogP contribution is 2.22. The summed E-state index contributed by atoms with van der Waals surface area (Å²) in [5, 5.41) is 4.77. The van der Waals surface area contributed by atoms with Crippen LogP contribution < -0.4 is 10.2 Å². The fourth-order valence-corrected chi connectivity index (χ4v) is 3.49. The van der Waals surface area contributed by atoms with Crippen molar-refractivity contribution in [3.05, 3.63) is 55.0 Å². The number of aromatic nitrogens is 1. The SMILES string of the molecule is Cc1csc(=O)n1CCC(=O)NC(C)c1ccccc1Br. The molecule has 6 heteroatoms. The first-order chi connectivity index (χ1) is 9.99. The summed E-state index contributed by atoms with van der Waals surface area (Å²) >= 11 is 4.65. The minimum Gasteiger partial charge on any atom is -0.349 e. The molecule has 0 radical (unpaired) electrons. The maximum absolute atomic E-state index is 12.0. The second-order valence-electron chi connectivity index (χ2n) is 4.86. The van der Waals surface area contributed by atoms with Crippen LogP contribution in [-0.2, 0) is 11.3 Å². The Hall–Kier alpha value is -1.40. The van der Waals surface area contributed by atoms with E-state index < -0.39 is 0 Å². The summed E-state index contributed by atoms with van der Waals surface area (Å²) in [4.78, 5) is 23.6. The molecule has 1 heterocycles. The van der Waals surface area contributed by atoms with Crippen LogP contribution in [0.2, 0.25) is 0 Å². The van der Waals surface area contributed by atoms with Gasteiger partial charge >= 0.3 is 4.87 Å². The predicted octanol–water partition coefficient (Wildman–Crippen LogP) is 3.25. The molecule has 1 atom stereocenters. The maximum atomic E-state index is 12.0. The normalized spacial score (nSPS) is 12.1. The molecule has 0 aliphatic rings. The minimum absolute atomic E-state index is 0.0147. The van der Waals surface area contributed by atoms with Crippen LogP contribution in [0.4, 0.5) is 0 Å². The zero-order valence-electron chi connectivity index (χ0n) is 11.9. The first kappa shape index (κ1) is 16.0. The molecule has 1 amide bonds. The van der Waals surface area contributed by atoms with Crippen molar-refractivity contribution in [2.45, 2.75) is 32.9 Å². The van der Waals surface area contributed by atoms with Gasteiger partial charge < -0.3 is 9.88 Å². The third kappa shape index (κ3) is 4.04. The lowest BCUT2D eigenvalue weighted by Crippen LogP contribution is -2.28. The summed E-state index contributed by atoms with van der Waals surface area (Å²) in [5.41, 5.74) is 1.94. The summed E-state index contributed by atoms with van der Waals surface area (Å²) in [5.74, 6) is -0.0595. The Morgan fingerprint density at radius 3 is 2.76 bits per heavy atom. The lowest BCUT2D eigenvalue weighted by molar-refractivity contribution is -0.121. The average Bonchev–Trinajstić information content (AvgIpc) is 2.76. The minimum atomic E-state index is -0.0756. The first-order valence-corrected chi connectivity index (χ1v) is 8.35. The summed E-state index contributed by atoms with van der Waals surface area (Å²) < 4.78 is 2.61. The standard InChI is InChI=1S/C15H17BrN2O2S/c1-10-9-21-15(20)18(10)8-7-14(19)17-11(2)12-5-3-4-6-13(12)16/h3-6,9,11H,7-8H2,1-2H3,(H,17,19).